The number of rotatable bonds is 9. The van der Waals surface area contributed by atoms with Crippen LogP contribution in [0.1, 0.15) is 41.0 Å². The van der Waals surface area contributed by atoms with Gasteiger partial charge in [-0.3, -0.25) is 14.4 Å². The number of nitrogens with one attached hydrogen (secondary N) is 1. The van der Waals surface area contributed by atoms with Crippen LogP contribution in [0.5, 0.6) is 0 Å². The van der Waals surface area contributed by atoms with Crippen LogP contribution in [0.15, 0.2) is 0 Å². The van der Waals surface area contributed by atoms with Crippen LogP contribution in [-0.2, 0) is 42.8 Å². The molecule has 5 atom stereocenters. The number of esters is 3. The van der Waals surface area contributed by atoms with Crippen molar-refractivity contribution in [3.05, 3.63) is 0 Å². The Bertz CT molecular complexity index is 581. The zero-order valence-corrected chi connectivity index (χ0v) is 17.3. The van der Waals surface area contributed by atoms with Gasteiger partial charge in [0.1, 0.15) is 18.8 Å². The smallest absolute Gasteiger partial charge is 0.407 e. The second kappa shape index (κ2) is 12.2. The van der Waals surface area contributed by atoms with Crippen LogP contribution in [-0.4, -0.2) is 74.5 Å². The predicted octanol–water partition coefficient (Wildman–Crippen LogP) is 0.679. The zero-order valence-electron chi connectivity index (χ0n) is 17.3. The van der Waals surface area contributed by atoms with E-state index in [0.717, 1.165) is 0 Å². The average Bonchev–Trinajstić information content (AvgIpc) is 2.61. The van der Waals surface area contributed by atoms with E-state index in [-0.39, 0.29) is 19.8 Å². The summed E-state index contributed by atoms with van der Waals surface area (Å²) in [5.74, 6) is -1.92. The minimum absolute atomic E-state index is 0.112. The van der Waals surface area contributed by atoms with Crippen molar-refractivity contribution < 1.29 is 47.6 Å². The van der Waals surface area contributed by atoms with Crippen LogP contribution in [0.4, 0.5) is 4.79 Å². The molecule has 0 aromatic rings. The standard InChI is InChI=1S/C18H29NO10/c1-6-8-25-17-14(19-18(23)24-7-2)16(28-12(5)22)15(27-11(4)21)13(29-17)9-26-10(3)20/h13-17H,6-9H2,1-5H3,(H,19,23)/t13-,14-,15+,16+,17-/m1/s1. The molecule has 0 saturated carbocycles. The molecule has 11 heteroatoms. The first-order chi connectivity index (χ1) is 13.7. The number of hydrogen-bond acceptors (Lipinski definition) is 10. The number of alkyl carbamates (subject to hydrolysis) is 1. The lowest BCUT2D eigenvalue weighted by molar-refractivity contribution is -0.277. The Morgan fingerprint density at radius 2 is 1.52 bits per heavy atom. The molecule has 1 aliphatic heterocycles. The molecule has 0 aromatic carbocycles. The highest BCUT2D eigenvalue weighted by Gasteiger charge is 2.51. The molecule has 1 saturated heterocycles. The molecule has 1 N–H and O–H groups in total. The second-order valence-electron chi connectivity index (χ2n) is 6.25. The summed E-state index contributed by atoms with van der Waals surface area (Å²) >= 11 is 0. The number of ether oxygens (including phenoxy) is 6. The van der Waals surface area contributed by atoms with Gasteiger partial charge in [0.25, 0.3) is 0 Å². The normalized spacial score (nSPS) is 26.2. The van der Waals surface area contributed by atoms with Gasteiger partial charge in [-0.15, -0.1) is 0 Å². The van der Waals surface area contributed by atoms with Crippen LogP contribution in [0.25, 0.3) is 0 Å². The summed E-state index contributed by atoms with van der Waals surface area (Å²) in [6.45, 7) is 7.16. The summed E-state index contributed by atoms with van der Waals surface area (Å²) in [6.07, 6.45) is -4.54. The maximum absolute atomic E-state index is 12.0. The van der Waals surface area contributed by atoms with Gasteiger partial charge in [-0.1, -0.05) is 6.92 Å². The molecule has 11 nitrogen and oxygen atoms in total. The summed E-state index contributed by atoms with van der Waals surface area (Å²) < 4.78 is 32.0. The maximum atomic E-state index is 12.0. The summed E-state index contributed by atoms with van der Waals surface area (Å²) in [7, 11) is 0. The summed E-state index contributed by atoms with van der Waals surface area (Å²) in [5, 5.41) is 2.54. The number of carbonyl (C=O) groups excluding carboxylic acids is 4. The van der Waals surface area contributed by atoms with Crippen molar-refractivity contribution >= 4 is 24.0 Å². The lowest BCUT2D eigenvalue weighted by Crippen LogP contribution is -2.66. The highest BCUT2D eigenvalue weighted by Crippen LogP contribution is 2.28. The van der Waals surface area contributed by atoms with Crippen molar-refractivity contribution in [1.29, 1.82) is 0 Å². The minimum Gasteiger partial charge on any atom is -0.463 e. The molecule has 1 heterocycles. The van der Waals surface area contributed by atoms with Crippen molar-refractivity contribution in [1.82, 2.24) is 5.32 Å². The van der Waals surface area contributed by atoms with E-state index in [1.54, 1.807) is 6.92 Å². The highest BCUT2D eigenvalue weighted by atomic mass is 16.7. The van der Waals surface area contributed by atoms with Gasteiger partial charge in [0.2, 0.25) is 0 Å². The molecule has 29 heavy (non-hydrogen) atoms. The van der Waals surface area contributed by atoms with Crippen LogP contribution < -0.4 is 5.32 Å². The first kappa shape index (κ1) is 24.6. The predicted molar refractivity (Wildman–Crippen MR) is 96.6 cm³/mol. The molecule has 0 spiro atoms. The summed E-state index contributed by atoms with van der Waals surface area (Å²) in [4.78, 5) is 46.6. The fraction of sp³-hybridized carbons (Fsp3) is 0.778. The monoisotopic (exact) mass is 419 g/mol. The lowest BCUT2D eigenvalue weighted by atomic mass is 9.96. The molecule has 0 radical (unpaired) electrons. The van der Waals surface area contributed by atoms with E-state index in [0.29, 0.717) is 6.42 Å². The average molecular weight is 419 g/mol. The molecule has 0 bridgehead atoms. The maximum Gasteiger partial charge on any atom is 0.407 e. The SMILES string of the molecule is CCCO[C@@H]1O[C@H](COC(C)=O)[C@H](OC(C)=O)[C@@H](OC(C)=O)[C@H]1NC(=O)OCC. The molecule has 166 valence electrons. The van der Waals surface area contributed by atoms with Gasteiger partial charge in [-0.2, -0.15) is 0 Å². The van der Waals surface area contributed by atoms with Gasteiger partial charge in [0.05, 0.1) is 6.61 Å². The lowest BCUT2D eigenvalue weighted by Gasteiger charge is -2.44. The molecule has 0 unspecified atom stereocenters. The fourth-order valence-electron chi connectivity index (χ4n) is 2.74. The van der Waals surface area contributed by atoms with Crippen molar-refractivity contribution in [2.45, 2.75) is 71.7 Å². The van der Waals surface area contributed by atoms with E-state index in [2.05, 4.69) is 5.32 Å². The van der Waals surface area contributed by atoms with E-state index in [9.17, 15) is 19.2 Å². The number of amides is 1. The minimum atomic E-state index is -1.17. The summed E-state index contributed by atoms with van der Waals surface area (Å²) in [6, 6.07) is -1.04. The third kappa shape index (κ3) is 8.24. The van der Waals surface area contributed by atoms with E-state index in [4.69, 9.17) is 28.4 Å². The van der Waals surface area contributed by atoms with Gasteiger partial charge in [0.15, 0.2) is 18.5 Å². The third-order valence-corrected chi connectivity index (χ3v) is 3.75. The Kier molecular flexibility index (Phi) is 10.4. The Labute approximate surface area is 169 Å². The van der Waals surface area contributed by atoms with Crippen molar-refractivity contribution in [2.75, 3.05) is 19.8 Å². The van der Waals surface area contributed by atoms with Gasteiger partial charge in [-0.05, 0) is 13.3 Å². The molecule has 0 aromatic heterocycles. The van der Waals surface area contributed by atoms with Gasteiger partial charge >= 0.3 is 24.0 Å². The van der Waals surface area contributed by atoms with Gasteiger partial charge in [0, 0.05) is 27.4 Å². The number of carbonyl (C=O) groups is 4. The Morgan fingerprint density at radius 3 is 2.03 bits per heavy atom. The molecule has 1 aliphatic rings. The largest absolute Gasteiger partial charge is 0.463 e. The Hall–Kier alpha value is -2.40. The molecule has 1 rings (SSSR count). The van der Waals surface area contributed by atoms with E-state index < -0.39 is 54.6 Å². The van der Waals surface area contributed by atoms with Gasteiger partial charge in [-0.25, -0.2) is 4.79 Å². The molecule has 0 aliphatic carbocycles. The number of hydrogen-bond donors (Lipinski definition) is 1. The topological polar surface area (TPSA) is 136 Å². The molecular formula is C18H29NO10. The highest BCUT2D eigenvalue weighted by molar-refractivity contribution is 5.69. The molecule has 1 amide bonds. The quantitative estimate of drug-likeness (QED) is 0.420. The Balaban J connectivity index is 3.25. The van der Waals surface area contributed by atoms with Crippen LogP contribution in [0, 0.1) is 0 Å². The van der Waals surface area contributed by atoms with E-state index >= 15 is 0 Å². The fourth-order valence-corrected chi connectivity index (χ4v) is 2.74. The van der Waals surface area contributed by atoms with Crippen molar-refractivity contribution in [3.63, 3.8) is 0 Å². The van der Waals surface area contributed by atoms with Gasteiger partial charge < -0.3 is 33.7 Å². The first-order valence-corrected chi connectivity index (χ1v) is 9.37. The summed E-state index contributed by atoms with van der Waals surface area (Å²) in [5.41, 5.74) is 0. The van der Waals surface area contributed by atoms with Crippen molar-refractivity contribution in [3.8, 4) is 0 Å². The van der Waals surface area contributed by atoms with Crippen LogP contribution in [0.2, 0.25) is 0 Å². The second-order valence-corrected chi connectivity index (χ2v) is 6.25. The zero-order chi connectivity index (χ0) is 22.0. The van der Waals surface area contributed by atoms with Crippen molar-refractivity contribution in [2.24, 2.45) is 0 Å². The Morgan fingerprint density at radius 1 is 0.897 bits per heavy atom. The first-order valence-electron chi connectivity index (χ1n) is 9.37. The molecular weight excluding hydrogens is 390 g/mol. The van der Waals surface area contributed by atoms with Crippen LogP contribution >= 0.6 is 0 Å². The van der Waals surface area contributed by atoms with Crippen LogP contribution in [0.3, 0.4) is 0 Å². The molecule has 1 fully saturated rings. The third-order valence-electron chi connectivity index (χ3n) is 3.75. The van der Waals surface area contributed by atoms with E-state index in [1.165, 1.54) is 20.8 Å². The van der Waals surface area contributed by atoms with E-state index in [1.807, 2.05) is 6.92 Å².